The minimum Gasteiger partial charge on any atom is -0.381 e. The first-order valence-corrected chi connectivity index (χ1v) is 23.2. The number of ketones is 3. The van der Waals surface area contributed by atoms with Gasteiger partial charge in [-0.1, -0.05) is 92.1 Å². The molecule has 0 spiro atoms. The van der Waals surface area contributed by atoms with Crippen LogP contribution >= 0.6 is 11.3 Å². The molecule has 0 bridgehead atoms. The number of thiazole rings is 1. The average molecular weight is 942 g/mol. The summed E-state index contributed by atoms with van der Waals surface area (Å²) >= 11 is 1.46. The number of nitrogens with zero attached hydrogens (tertiary/aromatic N) is 3. The molecule has 10 nitrogen and oxygen atoms in total. The molecule has 0 N–H and O–H groups in total. The van der Waals surface area contributed by atoms with E-state index in [1.54, 1.807) is 24.5 Å². The number of amides is 2. The number of likely N-dealkylation sites (tertiary alicyclic amines) is 1. The van der Waals surface area contributed by atoms with Crippen molar-refractivity contribution in [2.45, 2.75) is 157 Å². The topological polar surface area (TPSA) is 123 Å². The van der Waals surface area contributed by atoms with E-state index in [1.807, 2.05) is 78.6 Å². The van der Waals surface area contributed by atoms with Crippen molar-refractivity contribution in [1.82, 2.24) is 14.8 Å². The number of rotatable bonds is 24. The van der Waals surface area contributed by atoms with Gasteiger partial charge in [0.15, 0.2) is 5.78 Å². The fourth-order valence-corrected chi connectivity index (χ4v) is 8.83. The van der Waals surface area contributed by atoms with Gasteiger partial charge in [0.1, 0.15) is 17.3 Å². The molecule has 1 saturated heterocycles. The van der Waals surface area contributed by atoms with Crippen LogP contribution in [-0.4, -0.2) is 96.1 Å². The Hall–Kier alpha value is -2.18. The molecule has 1 radical (unpaired) electrons. The first-order valence-electron chi connectivity index (χ1n) is 22.3. The van der Waals surface area contributed by atoms with Crippen molar-refractivity contribution < 1.29 is 66.2 Å². The zero-order chi connectivity index (χ0) is 45.3. The molecule has 9 unspecified atom stereocenters. The maximum Gasteiger partial charge on any atom is 0.226 e. The van der Waals surface area contributed by atoms with E-state index in [2.05, 4.69) is 44.8 Å². The second-order valence-corrected chi connectivity index (χ2v) is 18.7. The monoisotopic (exact) mass is 941 g/mol. The van der Waals surface area contributed by atoms with E-state index in [4.69, 9.17) is 9.47 Å². The molecule has 0 saturated carbocycles. The van der Waals surface area contributed by atoms with Crippen LogP contribution in [0.2, 0.25) is 0 Å². The molecule has 3 rings (SSSR count). The van der Waals surface area contributed by atoms with Crippen molar-refractivity contribution >= 4 is 40.5 Å². The van der Waals surface area contributed by atoms with Gasteiger partial charge in [-0.15, -0.1) is 11.3 Å². The maximum atomic E-state index is 13.7. The summed E-state index contributed by atoms with van der Waals surface area (Å²) in [5.74, 6) is 0.187. The predicted molar refractivity (Wildman–Crippen MR) is 243 cm³/mol. The number of likely N-dealkylation sites (N-methyl/N-ethyl adjacent to an activating group) is 1. The molecule has 341 valence electrons. The third-order valence-electron chi connectivity index (χ3n) is 12.9. The van der Waals surface area contributed by atoms with E-state index < -0.39 is 0 Å². The fraction of sp³-hybridized carbons (Fsp3) is 0.694. The summed E-state index contributed by atoms with van der Waals surface area (Å²) < 4.78 is 11.2. The number of carbonyl (C=O) groups is 5. The molecular formula is C49H78N3O7SY-. The first kappa shape index (κ1) is 56.8. The predicted octanol–water partition coefficient (Wildman–Crippen LogP) is 9.69. The van der Waals surface area contributed by atoms with E-state index in [0.29, 0.717) is 25.0 Å². The van der Waals surface area contributed by atoms with Crippen molar-refractivity contribution in [3.8, 4) is 0 Å². The molecule has 1 aromatic carbocycles. The number of hydrogen-bond donors (Lipinski definition) is 0. The summed E-state index contributed by atoms with van der Waals surface area (Å²) in [4.78, 5) is 72.8. The van der Waals surface area contributed by atoms with Crippen LogP contribution in [-0.2, 0) is 67.8 Å². The summed E-state index contributed by atoms with van der Waals surface area (Å²) in [5.41, 5.74) is 1.64. The zero-order valence-electron chi connectivity index (χ0n) is 39.8. The minimum atomic E-state index is -0.382. The van der Waals surface area contributed by atoms with Gasteiger partial charge in [0.2, 0.25) is 11.8 Å². The van der Waals surface area contributed by atoms with E-state index in [9.17, 15) is 24.0 Å². The SMILES string of the molecule is CCC(C)C(C(CC(=O)N1CCCC1C)OC)N(C)C(=O)C(CC(=O)C(C)C(C)C)C(C)C.[CH2-]CCC(=O)c1csc(C(CC(=O)C(C)C(C)OC)Cc2ccccc2)n1.[Y]. The van der Waals surface area contributed by atoms with Crippen molar-refractivity contribution in [1.29, 1.82) is 0 Å². The molecule has 9 atom stereocenters. The van der Waals surface area contributed by atoms with Gasteiger partial charge >= 0.3 is 0 Å². The molecule has 1 aliphatic rings. The van der Waals surface area contributed by atoms with Crippen molar-refractivity contribution in [2.75, 3.05) is 27.8 Å². The van der Waals surface area contributed by atoms with Crippen LogP contribution in [0.4, 0.5) is 0 Å². The largest absolute Gasteiger partial charge is 0.381 e. The number of hydrogen-bond acceptors (Lipinski definition) is 9. The molecule has 12 heteroatoms. The molecule has 2 aromatic rings. The van der Waals surface area contributed by atoms with Crippen LogP contribution in [0.1, 0.15) is 148 Å². The number of aromatic nitrogens is 1. The molecule has 1 fully saturated rings. The van der Waals surface area contributed by atoms with Gasteiger partial charge in [-0.2, -0.15) is 6.42 Å². The van der Waals surface area contributed by atoms with Crippen LogP contribution in [0.15, 0.2) is 35.7 Å². The summed E-state index contributed by atoms with van der Waals surface area (Å²) in [6.45, 7) is 24.7. The quantitative estimate of drug-likeness (QED) is 0.0754. The average Bonchev–Trinajstić information content (AvgIpc) is 3.91. The maximum absolute atomic E-state index is 13.7. The first-order chi connectivity index (χ1) is 28.3. The van der Waals surface area contributed by atoms with Gasteiger partial charge in [0.25, 0.3) is 0 Å². The Bertz CT molecular complexity index is 1630. The Kier molecular flexibility index (Phi) is 26.6. The van der Waals surface area contributed by atoms with Crippen molar-refractivity contribution in [3.05, 3.63) is 58.9 Å². The van der Waals surface area contributed by atoms with Gasteiger partial charge in [0, 0.05) is 108 Å². The second kappa shape index (κ2) is 28.6. The summed E-state index contributed by atoms with van der Waals surface area (Å²) in [6.07, 6.45) is 5.03. The second-order valence-electron chi connectivity index (χ2n) is 17.8. The van der Waals surface area contributed by atoms with E-state index >= 15 is 0 Å². The molecule has 0 aliphatic carbocycles. The third-order valence-corrected chi connectivity index (χ3v) is 13.9. The molecule has 2 heterocycles. The summed E-state index contributed by atoms with van der Waals surface area (Å²) in [5, 5.41) is 2.65. The fourth-order valence-electron chi connectivity index (χ4n) is 7.90. The van der Waals surface area contributed by atoms with Gasteiger partial charge in [0.05, 0.1) is 29.7 Å². The van der Waals surface area contributed by atoms with Gasteiger partial charge in [-0.3, -0.25) is 24.0 Å². The molecular weight excluding hydrogens is 864 g/mol. The summed E-state index contributed by atoms with van der Waals surface area (Å²) in [6, 6.07) is 10.1. The van der Waals surface area contributed by atoms with E-state index in [-0.39, 0.29) is 140 Å². The van der Waals surface area contributed by atoms with Gasteiger partial charge < -0.3 is 26.2 Å². The van der Waals surface area contributed by atoms with E-state index in [1.165, 1.54) is 11.3 Å². The van der Waals surface area contributed by atoms with Crippen LogP contribution in [0.25, 0.3) is 0 Å². The Morgan fingerprint density at radius 3 is 2.03 bits per heavy atom. The number of carbonyl (C=O) groups excluding carboxylic acids is 5. The van der Waals surface area contributed by atoms with Crippen LogP contribution in [0.5, 0.6) is 0 Å². The Morgan fingerprint density at radius 1 is 0.902 bits per heavy atom. The Morgan fingerprint density at radius 2 is 1.52 bits per heavy atom. The normalized spacial score (nSPS) is 17.8. The van der Waals surface area contributed by atoms with Crippen LogP contribution < -0.4 is 0 Å². The smallest absolute Gasteiger partial charge is 0.226 e. The standard InChI is InChI=1S/C27H50N2O4.C22H28NO3S.Y/c1-11-19(6)26(24(33-10)16-25(31)29-14-12-13-20(29)7)28(9)27(32)22(18(4)5)15-23(30)21(8)17(2)3;1-5-9-20(24)19-14-27-22(23-19)18(12-17-10-7-6-8-11-17)13-21(25)15(2)16(3)26-4;/h17-22,24,26H,11-16H2,1-10H3;6-8,10-11,14-16,18H,1,5,9,12-13H2,2-4H3;/q;-1;. The molecule has 2 amide bonds. The Labute approximate surface area is 398 Å². The third kappa shape index (κ3) is 17.4. The van der Waals surface area contributed by atoms with Crippen LogP contribution in [0, 0.1) is 42.4 Å². The van der Waals surface area contributed by atoms with Crippen molar-refractivity contribution in [3.63, 3.8) is 0 Å². The number of benzene rings is 1. The molecule has 1 aliphatic heterocycles. The van der Waals surface area contributed by atoms with Crippen LogP contribution in [0.3, 0.4) is 0 Å². The van der Waals surface area contributed by atoms with Gasteiger partial charge in [-0.05, 0) is 62.8 Å². The van der Waals surface area contributed by atoms with Crippen molar-refractivity contribution in [2.24, 2.45) is 35.5 Å². The molecule has 61 heavy (non-hydrogen) atoms. The number of Topliss-reactive ketones (excluding diaryl/α,β-unsaturated/α-hetero) is 3. The molecule has 1 aromatic heterocycles. The number of methoxy groups -OCH3 is 2. The summed E-state index contributed by atoms with van der Waals surface area (Å²) in [7, 11) is 5.07. The zero-order valence-corrected chi connectivity index (χ0v) is 43.4. The van der Waals surface area contributed by atoms with E-state index in [0.717, 1.165) is 42.8 Å². The van der Waals surface area contributed by atoms with Gasteiger partial charge in [-0.25, -0.2) is 4.98 Å². The number of ether oxygens (including phenoxy) is 2. The Balaban J connectivity index is 0.000000611. The minimum absolute atomic E-state index is 0.